The van der Waals surface area contributed by atoms with Crippen molar-refractivity contribution in [3.63, 3.8) is 0 Å². The highest BCUT2D eigenvalue weighted by molar-refractivity contribution is 7.87. The van der Waals surface area contributed by atoms with Gasteiger partial charge >= 0.3 is 16.3 Å². The van der Waals surface area contributed by atoms with Gasteiger partial charge in [0.05, 0.1) is 7.11 Å². The minimum Gasteiger partial charge on any atom is -0.452 e. The number of carbonyl (C=O) groups is 1. The standard InChI is InChI=1S/C6H13N3O4S/c1-13-6(10)8-14(11,12)9-3-2-5(7)4-9/h5H,2-4,7H2,1H3,(H,8,10)/t5-/m0/s1. The first kappa shape index (κ1) is 11.2. The van der Waals surface area contributed by atoms with E-state index in [0.29, 0.717) is 13.0 Å². The summed E-state index contributed by atoms with van der Waals surface area (Å²) in [6.45, 7) is 0.555. The molecule has 0 aromatic carbocycles. The van der Waals surface area contributed by atoms with E-state index in [9.17, 15) is 13.2 Å². The summed E-state index contributed by atoms with van der Waals surface area (Å²) in [5.74, 6) is 0. The largest absolute Gasteiger partial charge is 0.452 e. The molecule has 14 heavy (non-hydrogen) atoms. The Balaban J connectivity index is 2.62. The van der Waals surface area contributed by atoms with Crippen LogP contribution >= 0.6 is 0 Å². The second kappa shape index (κ2) is 4.11. The summed E-state index contributed by atoms with van der Waals surface area (Å²) in [5, 5.41) is 0. The van der Waals surface area contributed by atoms with E-state index in [0.717, 1.165) is 11.4 Å². The van der Waals surface area contributed by atoms with Gasteiger partial charge in [-0.15, -0.1) is 0 Å². The third kappa shape index (κ3) is 2.56. The predicted molar refractivity (Wildman–Crippen MR) is 48.6 cm³/mol. The monoisotopic (exact) mass is 223 g/mol. The molecule has 1 aliphatic heterocycles. The van der Waals surface area contributed by atoms with Gasteiger partial charge in [-0.1, -0.05) is 0 Å². The van der Waals surface area contributed by atoms with E-state index < -0.39 is 16.3 Å². The topological polar surface area (TPSA) is 102 Å². The molecule has 1 rings (SSSR count). The minimum absolute atomic E-state index is 0.163. The van der Waals surface area contributed by atoms with E-state index in [-0.39, 0.29) is 12.6 Å². The quantitative estimate of drug-likeness (QED) is 0.600. The Morgan fingerprint density at radius 1 is 1.64 bits per heavy atom. The van der Waals surface area contributed by atoms with E-state index in [2.05, 4.69) is 4.74 Å². The minimum atomic E-state index is -3.78. The van der Waals surface area contributed by atoms with Gasteiger partial charge in [0.2, 0.25) is 0 Å². The summed E-state index contributed by atoms with van der Waals surface area (Å²) in [7, 11) is -2.68. The molecule has 0 spiro atoms. The molecule has 0 bridgehead atoms. The maximum atomic E-state index is 11.4. The number of nitrogens with zero attached hydrogens (tertiary/aromatic N) is 1. The molecule has 7 nitrogen and oxygen atoms in total. The predicted octanol–water partition coefficient (Wildman–Crippen LogP) is -1.38. The van der Waals surface area contributed by atoms with Crippen LogP contribution in [0.3, 0.4) is 0 Å². The first-order valence-corrected chi connectivity index (χ1v) is 5.51. The lowest BCUT2D eigenvalue weighted by molar-refractivity contribution is 0.177. The third-order valence-electron chi connectivity index (χ3n) is 1.93. The van der Waals surface area contributed by atoms with Crippen molar-refractivity contribution in [3.05, 3.63) is 0 Å². The summed E-state index contributed by atoms with van der Waals surface area (Å²) in [6, 6.07) is -0.163. The Morgan fingerprint density at radius 3 is 2.71 bits per heavy atom. The van der Waals surface area contributed by atoms with Crippen molar-refractivity contribution < 1.29 is 17.9 Å². The van der Waals surface area contributed by atoms with Crippen LogP contribution in [0.25, 0.3) is 0 Å². The summed E-state index contributed by atoms with van der Waals surface area (Å²) in [4.78, 5) is 10.7. The maximum Gasteiger partial charge on any atom is 0.421 e. The summed E-state index contributed by atoms with van der Waals surface area (Å²) >= 11 is 0. The molecule has 1 heterocycles. The molecule has 8 heteroatoms. The summed E-state index contributed by atoms with van der Waals surface area (Å²) < 4.78 is 29.9. The number of nitrogens with one attached hydrogen (secondary N) is 1. The highest BCUT2D eigenvalue weighted by atomic mass is 32.2. The maximum absolute atomic E-state index is 11.4. The molecule has 1 aliphatic rings. The first-order valence-electron chi connectivity index (χ1n) is 4.07. The molecule has 1 atom stereocenters. The van der Waals surface area contributed by atoms with E-state index >= 15 is 0 Å². The highest BCUT2D eigenvalue weighted by Gasteiger charge is 2.30. The zero-order valence-electron chi connectivity index (χ0n) is 7.76. The molecule has 3 N–H and O–H groups in total. The van der Waals surface area contributed by atoms with E-state index in [1.54, 1.807) is 4.72 Å². The van der Waals surface area contributed by atoms with Crippen molar-refractivity contribution in [2.45, 2.75) is 12.5 Å². The van der Waals surface area contributed by atoms with Crippen LogP contribution in [-0.4, -0.2) is 45.1 Å². The molecule has 0 aliphatic carbocycles. The van der Waals surface area contributed by atoms with E-state index in [1.165, 1.54) is 0 Å². The van der Waals surface area contributed by atoms with E-state index in [1.807, 2.05) is 0 Å². The number of nitrogens with two attached hydrogens (primary N) is 1. The molecule has 1 amide bonds. The second-order valence-electron chi connectivity index (χ2n) is 3.01. The lowest BCUT2D eigenvalue weighted by Crippen LogP contribution is -2.43. The number of methoxy groups -OCH3 is 1. The molecule has 0 saturated carbocycles. The van der Waals surface area contributed by atoms with Gasteiger partial charge in [-0.3, -0.25) is 0 Å². The van der Waals surface area contributed by atoms with Crippen LogP contribution in [0.5, 0.6) is 0 Å². The lowest BCUT2D eigenvalue weighted by Gasteiger charge is -2.15. The average molecular weight is 223 g/mol. The Kier molecular flexibility index (Phi) is 3.29. The molecule has 0 aromatic heterocycles. The molecular weight excluding hydrogens is 210 g/mol. The Labute approximate surface area is 82.4 Å². The zero-order chi connectivity index (χ0) is 10.8. The molecular formula is C6H13N3O4S. The van der Waals surface area contributed by atoms with Crippen molar-refractivity contribution in [1.29, 1.82) is 0 Å². The van der Waals surface area contributed by atoms with Gasteiger partial charge in [-0.2, -0.15) is 12.7 Å². The van der Waals surface area contributed by atoms with Gasteiger partial charge in [0.25, 0.3) is 0 Å². The van der Waals surface area contributed by atoms with Gasteiger partial charge in [0.1, 0.15) is 0 Å². The molecule has 0 unspecified atom stereocenters. The molecule has 1 saturated heterocycles. The van der Waals surface area contributed by atoms with Crippen LogP contribution in [0.4, 0.5) is 4.79 Å². The SMILES string of the molecule is COC(=O)NS(=O)(=O)N1CC[C@H](N)C1. The zero-order valence-corrected chi connectivity index (χ0v) is 8.58. The molecule has 0 aromatic rings. The van der Waals surface area contributed by atoms with Crippen molar-refractivity contribution in [3.8, 4) is 0 Å². The average Bonchev–Trinajstić information content (AvgIpc) is 2.51. The van der Waals surface area contributed by atoms with Crippen LogP contribution in [0.1, 0.15) is 6.42 Å². The van der Waals surface area contributed by atoms with Gasteiger partial charge in [-0.05, 0) is 6.42 Å². The number of hydrogen-bond donors (Lipinski definition) is 2. The fourth-order valence-electron chi connectivity index (χ4n) is 1.18. The highest BCUT2D eigenvalue weighted by Crippen LogP contribution is 2.10. The Hall–Kier alpha value is -0.860. The van der Waals surface area contributed by atoms with Crippen LogP contribution in [0.2, 0.25) is 0 Å². The Morgan fingerprint density at radius 2 is 2.29 bits per heavy atom. The number of rotatable bonds is 2. The van der Waals surface area contributed by atoms with Crippen LogP contribution < -0.4 is 10.5 Å². The normalized spacial score (nSPS) is 23.4. The first-order chi connectivity index (χ1) is 6.45. The number of ether oxygens (including phenoxy) is 1. The van der Waals surface area contributed by atoms with E-state index in [4.69, 9.17) is 5.73 Å². The fourth-order valence-corrected chi connectivity index (χ4v) is 2.34. The Bertz CT molecular complexity index is 315. The van der Waals surface area contributed by atoms with Gasteiger partial charge in [0.15, 0.2) is 0 Å². The summed E-state index contributed by atoms with van der Waals surface area (Å²) in [5.41, 5.74) is 5.54. The smallest absolute Gasteiger partial charge is 0.421 e. The number of amides is 1. The van der Waals surface area contributed by atoms with Crippen molar-refractivity contribution in [2.75, 3.05) is 20.2 Å². The fraction of sp³-hybridized carbons (Fsp3) is 0.833. The van der Waals surface area contributed by atoms with Gasteiger partial charge in [0, 0.05) is 19.1 Å². The summed E-state index contributed by atoms with van der Waals surface area (Å²) in [6.07, 6.45) is -0.396. The van der Waals surface area contributed by atoms with Gasteiger partial charge in [-0.25, -0.2) is 9.52 Å². The molecule has 0 radical (unpaired) electrons. The van der Waals surface area contributed by atoms with Crippen molar-refractivity contribution in [1.82, 2.24) is 9.03 Å². The van der Waals surface area contributed by atoms with Gasteiger partial charge < -0.3 is 10.5 Å². The number of carbonyl (C=O) groups excluding carboxylic acids is 1. The van der Waals surface area contributed by atoms with Crippen LogP contribution in [-0.2, 0) is 14.9 Å². The van der Waals surface area contributed by atoms with Crippen LogP contribution in [0.15, 0.2) is 0 Å². The third-order valence-corrected chi connectivity index (χ3v) is 3.36. The lowest BCUT2D eigenvalue weighted by atomic mass is 10.3. The van der Waals surface area contributed by atoms with Crippen LogP contribution in [0, 0.1) is 0 Å². The molecule has 1 fully saturated rings. The van der Waals surface area contributed by atoms with Crippen molar-refractivity contribution in [2.24, 2.45) is 5.73 Å². The molecule has 82 valence electrons. The second-order valence-corrected chi connectivity index (χ2v) is 4.68. The van der Waals surface area contributed by atoms with Crippen molar-refractivity contribution >= 4 is 16.3 Å². The number of hydrogen-bond acceptors (Lipinski definition) is 5.